The molecule has 4 heteroatoms. The maximum absolute atomic E-state index is 10.0. The molecule has 2 unspecified atom stereocenters. The average Bonchev–Trinajstić information content (AvgIpc) is 2.99. The Morgan fingerprint density at radius 3 is 2.60 bits per heavy atom. The second kappa shape index (κ2) is 6.20. The van der Waals surface area contributed by atoms with Crippen LogP contribution in [0.15, 0.2) is 43.0 Å². The molecule has 4 nitrogen and oxygen atoms in total. The summed E-state index contributed by atoms with van der Waals surface area (Å²) in [6.07, 6.45) is 6.22. The molecular weight excluding hydrogens is 250 g/mol. The first-order chi connectivity index (χ1) is 9.52. The smallest absolute Gasteiger partial charge is 0.0991 e. The summed E-state index contributed by atoms with van der Waals surface area (Å²) in [6.45, 7) is 6.55. The van der Waals surface area contributed by atoms with Gasteiger partial charge in [0.1, 0.15) is 0 Å². The largest absolute Gasteiger partial charge is 0.389 e. The maximum Gasteiger partial charge on any atom is 0.0991 e. The van der Waals surface area contributed by atoms with Crippen molar-refractivity contribution in [2.45, 2.75) is 38.8 Å². The Bertz CT molecular complexity index is 517. The van der Waals surface area contributed by atoms with Crippen molar-refractivity contribution in [3.8, 4) is 5.69 Å². The number of imidazole rings is 1. The van der Waals surface area contributed by atoms with Gasteiger partial charge in [-0.2, -0.15) is 0 Å². The fourth-order valence-corrected chi connectivity index (χ4v) is 1.96. The number of aromatic nitrogens is 2. The summed E-state index contributed by atoms with van der Waals surface area (Å²) in [5.41, 5.74) is 1.66. The minimum Gasteiger partial charge on any atom is -0.389 e. The van der Waals surface area contributed by atoms with Crippen molar-refractivity contribution < 1.29 is 5.11 Å². The minimum absolute atomic E-state index is 0.213. The van der Waals surface area contributed by atoms with Crippen LogP contribution in [0.1, 0.15) is 38.8 Å². The summed E-state index contributed by atoms with van der Waals surface area (Å²) in [6, 6.07) is 8.58. The zero-order valence-electron chi connectivity index (χ0n) is 12.4. The van der Waals surface area contributed by atoms with Crippen LogP contribution in [0.5, 0.6) is 0 Å². The predicted molar refractivity (Wildman–Crippen MR) is 80.9 cm³/mol. The van der Waals surface area contributed by atoms with E-state index in [9.17, 15) is 5.11 Å². The first-order valence-electron chi connectivity index (χ1n) is 7.06. The second-order valence-corrected chi connectivity index (χ2v) is 5.51. The van der Waals surface area contributed by atoms with Crippen molar-refractivity contribution in [1.82, 2.24) is 14.9 Å². The van der Waals surface area contributed by atoms with Crippen molar-refractivity contribution in [3.05, 3.63) is 48.5 Å². The Hall–Kier alpha value is -1.65. The van der Waals surface area contributed by atoms with Gasteiger partial charge in [-0.15, -0.1) is 0 Å². The second-order valence-electron chi connectivity index (χ2n) is 5.51. The van der Waals surface area contributed by atoms with E-state index in [1.807, 2.05) is 24.6 Å². The molecule has 0 spiro atoms. The lowest BCUT2D eigenvalue weighted by molar-refractivity contribution is 0.0533. The van der Waals surface area contributed by atoms with Gasteiger partial charge in [0.15, 0.2) is 0 Å². The molecule has 1 aromatic heterocycles. The molecule has 108 valence electrons. The average molecular weight is 273 g/mol. The third-order valence-electron chi connectivity index (χ3n) is 3.75. The van der Waals surface area contributed by atoms with Crippen LogP contribution in [0, 0.1) is 0 Å². The molecule has 1 aromatic carbocycles. The SMILES string of the molecule is CCC(C)(O)CNC(C)c1ccc(-n2ccnc2)cc1. The van der Waals surface area contributed by atoms with E-state index >= 15 is 0 Å². The Balaban J connectivity index is 1.99. The van der Waals surface area contributed by atoms with Gasteiger partial charge < -0.3 is 15.0 Å². The lowest BCUT2D eigenvalue weighted by Crippen LogP contribution is -2.38. The summed E-state index contributed by atoms with van der Waals surface area (Å²) in [5.74, 6) is 0. The monoisotopic (exact) mass is 273 g/mol. The van der Waals surface area contributed by atoms with Gasteiger partial charge in [-0.3, -0.25) is 0 Å². The van der Waals surface area contributed by atoms with Crippen LogP contribution >= 0.6 is 0 Å². The van der Waals surface area contributed by atoms with Crippen molar-refractivity contribution >= 4 is 0 Å². The van der Waals surface area contributed by atoms with E-state index in [2.05, 4.69) is 41.5 Å². The Labute approximate surface area is 120 Å². The van der Waals surface area contributed by atoms with E-state index in [0.717, 1.165) is 12.1 Å². The summed E-state index contributed by atoms with van der Waals surface area (Å²) in [5, 5.41) is 13.4. The van der Waals surface area contributed by atoms with E-state index in [0.29, 0.717) is 6.54 Å². The van der Waals surface area contributed by atoms with Gasteiger partial charge in [-0.05, 0) is 38.0 Å². The number of nitrogens with one attached hydrogen (secondary N) is 1. The zero-order chi connectivity index (χ0) is 14.6. The molecule has 0 aliphatic carbocycles. The van der Waals surface area contributed by atoms with Crippen molar-refractivity contribution in [1.29, 1.82) is 0 Å². The Kier molecular flexibility index (Phi) is 4.57. The fourth-order valence-electron chi connectivity index (χ4n) is 1.96. The highest BCUT2D eigenvalue weighted by Crippen LogP contribution is 2.17. The van der Waals surface area contributed by atoms with Crippen LogP contribution in [0.3, 0.4) is 0 Å². The fraction of sp³-hybridized carbons (Fsp3) is 0.438. The molecule has 20 heavy (non-hydrogen) atoms. The van der Waals surface area contributed by atoms with Gasteiger partial charge in [0.25, 0.3) is 0 Å². The quantitative estimate of drug-likeness (QED) is 0.850. The van der Waals surface area contributed by atoms with Crippen molar-refractivity contribution in [2.75, 3.05) is 6.54 Å². The van der Waals surface area contributed by atoms with Gasteiger partial charge in [0.05, 0.1) is 11.9 Å². The van der Waals surface area contributed by atoms with Crippen molar-refractivity contribution in [2.24, 2.45) is 0 Å². The highest BCUT2D eigenvalue weighted by molar-refractivity contribution is 5.35. The molecule has 0 saturated heterocycles. The molecule has 0 saturated carbocycles. The number of hydrogen-bond donors (Lipinski definition) is 2. The predicted octanol–water partition coefficient (Wildman–Crippen LogP) is 2.68. The van der Waals surface area contributed by atoms with Crippen LogP contribution in [0.4, 0.5) is 0 Å². The van der Waals surface area contributed by atoms with E-state index in [4.69, 9.17) is 0 Å². The van der Waals surface area contributed by atoms with Crippen LogP contribution in [-0.2, 0) is 0 Å². The molecule has 1 heterocycles. The minimum atomic E-state index is -0.648. The van der Waals surface area contributed by atoms with E-state index < -0.39 is 5.60 Å². The molecule has 2 aromatic rings. The highest BCUT2D eigenvalue weighted by atomic mass is 16.3. The molecule has 0 fully saturated rings. The van der Waals surface area contributed by atoms with Crippen LogP contribution < -0.4 is 5.32 Å². The van der Waals surface area contributed by atoms with Gasteiger partial charge >= 0.3 is 0 Å². The Morgan fingerprint density at radius 2 is 2.05 bits per heavy atom. The normalized spacial score (nSPS) is 15.8. The van der Waals surface area contributed by atoms with E-state index in [1.54, 1.807) is 12.5 Å². The lowest BCUT2D eigenvalue weighted by Gasteiger charge is -2.24. The first-order valence-corrected chi connectivity index (χ1v) is 7.06. The van der Waals surface area contributed by atoms with Gasteiger partial charge in [-0.1, -0.05) is 19.1 Å². The number of aliphatic hydroxyl groups is 1. The molecule has 0 aliphatic rings. The van der Waals surface area contributed by atoms with Gasteiger partial charge in [-0.25, -0.2) is 4.98 Å². The number of benzene rings is 1. The molecule has 2 N–H and O–H groups in total. The molecular formula is C16H23N3O. The van der Waals surface area contributed by atoms with Crippen LogP contribution in [0.2, 0.25) is 0 Å². The summed E-state index contributed by atoms with van der Waals surface area (Å²) >= 11 is 0. The zero-order valence-corrected chi connectivity index (χ0v) is 12.4. The summed E-state index contributed by atoms with van der Waals surface area (Å²) in [7, 11) is 0. The third-order valence-corrected chi connectivity index (χ3v) is 3.75. The molecule has 0 bridgehead atoms. The number of hydrogen-bond acceptors (Lipinski definition) is 3. The summed E-state index contributed by atoms with van der Waals surface area (Å²) < 4.78 is 1.98. The molecule has 0 amide bonds. The molecule has 2 rings (SSSR count). The van der Waals surface area contributed by atoms with E-state index in [1.165, 1.54) is 5.56 Å². The highest BCUT2D eigenvalue weighted by Gasteiger charge is 2.18. The molecule has 0 radical (unpaired) electrons. The number of nitrogens with zero attached hydrogens (tertiary/aromatic N) is 2. The number of rotatable bonds is 6. The Morgan fingerprint density at radius 1 is 1.35 bits per heavy atom. The van der Waals surface area contributed by atoms with Crippen molar-refractivity contribution in [3.63, 3.8) is 0 Å². The van der Waals surface area contributed by atoms with Gasteiger partial charge in [0, 0.05) is 30.7 Å². The molecule has 0 aliphatic heterocycles. The molecule has 2 atom stereocenters. The van der Waals surface area contributed by atoms with Crippen LogP contribution in [-0.4, -0.2) is 26.8 Å². The maximum atomic E-state index is 10.0. The summed E-state index contributed by atoms with van der Waals surface area (Å²) in [4.78, 5) is 4.04. The lowest BCUT2D eigenvalue weighted by atomic mass is 10.0. The van der Waals surface area contributed by atoms with Gasteiger partial charge in [0.2, 0.25) is 0 Å². The van der Waals surface area contributed by atoms with E-state index in [-0.39, 0.29) is 6.04 Å². The standard InChI is InChI=1S/C16H23N3O/c1-4-16(3,20)11-18-13(2)14-5-7-15(8-6-14)19-10-9-17-12-19/h5-10,12-13,18,20H,4,11H2,1-3H3. The third kappa shape index (κ3) is 3.68. The van der Waals surface area contributed by atoms with Crippen LogP contribution in [0.25, 0.3) is 5.69 Å². The first kappa shape index (κ1) is 14.8. The topological polar surface area (TPSA) is 50.1 Å².